The van der Waals surface area contributed by atoms with Gasteiger partial charge in [0.1, 0.15) is 0 Å². The van der Waals surface area contributed by atoms with Crippen LogP contribution in [0.15, 0.2) is 47.4 Å². The molecular weight excluding hydrogens is 461 g/mol. The molecule has 154 valence electrons. The van der Waals surface area contributed by atoms with Crippen molar-refractivity contribution in [2.24, 2.45) is 0 Å². The molecule has 2 aromatic carbocycles. The number of anilines is 1. The average molecular weight is 483 g/mol. The SMILES string of the molecule is CCS(=O)CCC[C@@H](C)N(c1cc(Cl)ccc1Cl)S(=O)(=O)c1ccc(Cl)cc1. The number of nitrogens with zero attached hydrogens (tertiary/aromatic N) is 1. The zero-order chi connectivity index (χ0) is 20.9. The first-order valence-corrected chi connectivity index (χ1v) is 12.8. The first-order valence-electron chi connectivity index (χ1n) is 8.76. The maximum Gasteiger partial charge on any atom is 0.264 e. The van der Waals surface area contributed by atoms with Crippen molar-refractivity contribution in [2.45, 2.75) is 37.6 Å². The Kier molecular flexibility index (Phi) is 8.64. The molecule has 0 aliphatic heterocycles. The standard InChI is InChI=1S/C19H22Cl3NO3S2/c1-3-27(24)12-4-5-14(2)23(19-13-16(21)8-11-18(19)22)28(25,26)17-9-6-15(20)7-10-17/h6-11,13-14H,3-5,12H2,1-2H3/t14-,27?/m1/s1. The molecular formula is C19H22Cl3NO3S2. The molecule has 0 amide bonds. The summed E-state index contributed by atoms with van der Waals surface area (Å²) in [4.78, 5) is 0.108. The Bertz CT molecular complexity index is 934. The quantitative estimate of drug-likeness (QED) is 0.455. The largest absolute Gasteiger partial charge is 0.264 e. The van der Waals surface area contributed by atoms with E-state index in [0.717, 1.165) is 0 Å². The lowest BCUT2D eigenvalue weighted by Crippen LogP contribution is -2.39. The van der Waals surface area contributed by atoms with E-state index in [1.807, 2.05) is 6.92 Å². The van der Waals surface area contributed by atoms with E-state index in [-0.39, 0.29) is 9.92 Å². The van der Waals surface area contributed by atoms with Gasteiger partial charge in [0.25, 0.3) is 10.0 Å². The molecule has 2 atom stereocenters. The Hall–Kier alpha value is -0.790. The van der Waals surface area contributed by atoms with Gasteiger partial charge in [-0.3, -0.25) is 8.51 Å². The van der Waals surface area contributed by atoms with Gasteiger partial charge < -0.3 is 0 Å². The summed E-state index contributed by atoms with van der Waals surface area (Å²) in [5.74, 6) is 1.11. The van der Waals surface area contributed by atoms with Gasteiger partial charge in [-0.05, 0) is 62.2 Å². The Morgan fingerprint density at radius 3 is 2.25 bits per heavy atom. The van der Waals surface area contributed by atoms with Gasteiger partial charge in [-0.15, -0.1) is 0 Å². The monoisotopic (exact) mass is 481 g/mol. The zero-order valence-corrected chi connectivity index (χ0v) is 19.5. The molecule has 0 radical (unpaired) electrons. The molecule has 0 saturated heterocycles. The number of benzene rings is 2. The molecule has 0 spiro atoms. The van der Waals surface area contributed by atoms with E-state index in [2.05, 4.69) is 0 Å². The first kappa shape index (κ1) is 23.5. The van der Waals surface area contributed by atoms with E-state index in [1.54, 1.807) is 19.1 Å². The van der Waals surface area contributed by atoms with Crippen molar-refractivity contribution in [1.82, 2.24) is 0 Å². The topological polar surface area (TPSA) is 54.5 Å². The first-order chi connectivity index (χ1) is 13.2. The van der Waals surface area contributed by atoms with Crippen LogP contribution >= 0.6 is 34.8 Å². The summed E-state index contributed by atoms with van der Waals surface area (Å²) in [5.41, 5.74) is 0.313. The minimum atomic E-state index is -3.91. The highest BCUT2D eigenvalue weighted by Crippen LogP contribution is 2.35. The highest BCUT2D eigenvalue weighted by Gasteiger charge is 2.31. The van der Waals surface area contributed by atoms with E-state index in [0.29, 0.717) is 40.1 Å². The Morgan fingerprint density at radius 1 is 1.04 bits per heavy atom. The molecule has 0 saturated carbocycles. The maximum absolute atomic E-state index is 13.4. The van der Waals surface area contributed by atoms with Gasteiger partial charge in [0.15, 0.2) is 0 Å². The molecule has 9 heteroatoms. The average Bonchev–Trinajstić information content (AvgIpc) is 2.64. The summed E-state index contributed by atoms with van der Waals surface area (Å²) in [5, 5.41) is 1.11. The van der Waals surface area contributed by atoms with Crippen LogP contribution in [0, 0.1) is 0 Å². The van der Waals surface area contributed by atoms with Crippen LogP contribution in [-0.2, 0) is 20.8 Å². The van der Waals surface area contributed by atoms with Crippen molar-refractivity contribution in [1.29, 1.82) is 0 Å². The van der Waals surface area contributed by atoms with Crippen molar-refractivity contribution in [2.75, 3.05) is 15.8 Å². The normalized spacial score (nSPS) is 13.9. The van der Waals surface area contributed by atoms with E-state index < -0.39 is 26.9 Å². The number of halogens is 3. The summed E-state index contributed by atoms with van der Waals surface area (Å²) in [6.45, 7) is 3.67. The van der Waals surface area contributed by atoms with Crippen LogP contribution in [0.4, 0.5) is 5.69 Å². The maximum atomic E-state index is 13.4. The molecule has 0 aliphatic carbocycles. The van der Waals surface area contributed by atoms with Gasteiger partial charge in [-0.2, -0.15) is 0 Å². The number of hydrogen-bond acceptors (Lipinski definition) is 3. The third-order valence-electron chi connectivity index (χ3n) is 4.23. The predicted molar refractivity (Wildman–Crippen MR) is 120 cm³/mol. The van der Waals surface area contributed by atoms with Crippen LogP contribution in [0.25, 0.3) is 0 Å². The fourth-order valence-corrected chi connectivity index (χ4v) is 5.80. The minimum absolute atomic E-state index is 0.108. The molecule has 0 aliphatic rings. The third kappa shape index (κ3) is 5.86. The molecule has 4 nitrogen and oxygen atoms in total. The van der Waals surface area contributed by atoms with E-state index >= 15 is 0 Å². The lowest BCUT2D eigenvalue weighted by Gasteiger charge is -2.31. The highest BCUT2D eigenvalue weighted by atomic mass is 35.5. The predicted octanol–water partition coefficient (Wildman–Crippen LogP) is 5.78. The van der Waals surface area contributed by atoms with Gasteiger partial charge in [0.2, 0.25) is 0 Å². The van der Waals surface area contributed by atoms with Crippen LogP contribution < -0.4 is 4.31 Å². The molecule has 0 fully saturated rings. The lowest BCUT2D eigenvalue weighted by atomic mass is 10.2. The summed E-state index contributed by atoms with van der Waals surface area (Å²) < 4.78 is 39.8. The van der Waals surface area contributed by atoms with Crippen molar-refractivity contribution in [3.8, 4) is 0 Å². The fourth-order valence-electron chi connectivity index (χ4n) is 2.78. The van der Waals surface area contributed by atoms with E-state index in [9.17, 15) is 12.6 Å². The summed E-state index contributed by atoms with van der Waals surface area (Å²) >= 11 is 18.3. The number of sulfonamides is 1. The second-order valence-corrected chi connectivity index (χ2v) is 11.2. The Balaban J connectivity index is 2.45. The third-order valence-corrected chi connectivity index (χ3v) is 8.37. The molecule has 0 heterocycles. The molecule has 0 bridgehead atoms. The van der Waals surface area contributed by atoms with E-state index in [1.165, 1.54) is 34.6 Å². The van der Waals surface area contributed by atoms with Crippen molar-refractivity contribution < 1.29 is 12.6 Å². The van der Waals surface area contributed by atoms with Crippen LogP contribution in [0.2, 0.25) is 15.1 Å². The molecule has 0 aromatic heterocycles. The zero-order valence-electron chi connectivity index (χ0n) is 15.6. The van der Waals surface area contributed by atoms with Crippen molar-refractivity contribution in [3.63, 3.8) is 0 Å². The van der Waals surface area contributed by atoms with Gasteiger partial charge in [0, 0.05) is 38.4 Å². The van der Waals surface area contributed by atoms with Crippen LogP contribution in [0.5, 0.6) is 0 Å². The fraction of sp³-hybridized carbons (Fsp3) is 0.368. The summed E-state index contributed by atoms with van der Waals surface area (Å²) in [6.07, 6.45) is 1.16. The lowest BCUT2D eigenvalue weighted by molar-refractivity contribution is 0.569. The van der Waals surface area contributed by atoms with E-state index in [4.69, 9.17) is 34.8 Å². The van der Waals surface area contributed by atoms with Crippen molar-refractivity contribution >= 4 is 61.3 Å². The van der Waals surface area contributed by atoms with Gasteiger partial charge >= 0.3 is 0 Å². The van der Waals surface area contributed by atoms with Crippen LogP contribution in [0.3, 0.4) is 0 Å². The second-order valence-electron chi connectivity index (χ2n) is 6.27. The second kappa shape index (κ2) is 10.3. The Labute approximate surface area is 184 Å². The van der Waals surface area contributed by atoms with Gasteiger partial charge in [-0.25, -0.2) is 8.42 Å². The van der Waals surface area contributed by atoms with Crippen LogP contribution in [0.1, 0.15) is 26.7 Å². The molecule has 2 rings (SSSR count). The minimum Gasteiger partial charge on any atom is -0.262 e. The van der Waals surface area contributed by atoms with Crippen molar-refractivity contribution in [3.05, 3.63) is 57.5 Å². The molecule has 1 unspecified atom stereocenters. The number of rotatable bonds is 9. The Morgan fingerprint density at radius 2 is 1.64 bits per heavy atom. The summed E-state index contributed by atoms with van der Waals surface area (Å²) in [7, 11) is -4.81. The van der Waals surface area contributed by atoms with Crippen LogP contribution in [-0.4, -0.2) is 30.2 Å². The van der Waals surface area contributed by atoms with Gasteiger partial charge in [0.05, 0.1) is 15.6 Å². The molecule has 28 heavy (non-hydrogen) atoms. The molecule has 0 N–H and O–H groups in total. The smallest absolute Gasteiger partial charge is 0.262 e. The molecule has 2 aromatic rings. The van der Waals surface area contributed by atoms with Gasteiger partial charge in [-0.1, -0.05) is 41.7 Å². The number of hydrogen-bond donors (Lipinski definition) is 0. The summed E-state index contributed by atoms with van der Waals surface area (Å²) in [6, 6.07) is 10.3. The highest BCUT2D eigenvalue weighted by molar-refractivity contribution is 7.92.